The van der Waals surface area contributed by atoms with Crippen LogP contribution < -0.4 is 0 Å². The van der Waals surface area contributed by atoms with Crippen LogP contribution in [-0.2, 0) is 28.6 Å². The van der Waals surface area contributed by atoms with Crippen LogP contribution in [0.1, 0.15) is 187 Å². The van der Waals surface area contributed by atoms with E-state index >= 15 is 0 Å². The molecule has 0 bridgehead atoms. The predicted octanol–water partition coefficient (Wildman–Crippen LogP) is 13.5. The summed E-state index contributed by atoms with van der Waals surface area (Å²) in [4.78, 5) is 37.1. The van der Waals surface area contributed by atoms with Crippen molar-refractivity contribution >= 4 is 17.9 Å². The fourth-order valence-electron chi connectivity index (χ4n) is 6.64. The van der Waals surface area contributed by atoms with Crippen molar-refractivity contribution in [3.8, 4) is 0 Å². The fraction of sp³-hybridized carbons (Fsp3) is 0.712. The Morgan fingerprint density at radius 1 is 0.517 bits per heavy atom. The molecule has 0 aliphatic carbocycles. The number of quaternary nitrogens is 1. The number of allylic oxidation sites excluding steroid dienone is 12. The molecule has 8 heteroatoms. The molecular weight excluding hydrogens is 751 g/mol. The lowest BCUT2D eigenvalue weighted by molar-refractivity contribution is -0.887. The molecule has 8 nitrogen and oxygen atoms in total. The average molecular weight is 841 g/mol. The largest absolute Gasteiger partial charge is 0.477 e. The minimum Gasteiger partial charge on any atom is -0.477 e. The van der Waals surface area contributed by atoms with E-state index in [1.165, 1.54) is 64.2 Å². The monoisotopic (exact) mass is 841 g/mol. The van der Waals surface area contributed by atoms with Crippen molar-refractivity contribution in [2.24, 2.45) is 0 Å². The Morgan fingerprint density at radius 3 is 1.38 bits per heavy atom. The number of carboxylic acids is 1. The maximum Gasteiger partial charge on any atom is 0.362 e. The molecule has 0 heterocycles. The standard InChI is InChI=1S/C52H89NO7/c1-6-8-10-12-14-16-18-20-22-24-25-27-28-30-32-34-36-38-40-42-50(54)59-47-48(46-58-45-44-49(52(56)57)53(3,4)5)60-51(55)43-41-39-37-35-33-31-29-26-23-21-19-17-15-13-11-9-7-2/h8,10,14-17,20-23,25,27,48-49H,6-7,9,11-13,18-19,24,26,28-47H2,1-5H3/p+1/b10-8+,16-14+,17-15+,22-20+,23-21+,27-25+. The summed E-state index contributed by atoms with van der Waals surface area (Å²) in [5.74, 6) is -1.50. The lowest BCUT2D eigenvalue weighted by Crippen LogP contribution is -2.50. The van der Waals surface area contributed by atoms with Gasteiger partial charge in [-0.3, -0.25) is 9.59 Å². The zero-order chi connectivity index (χ0) is 44.2. The van der Waals surface area contributed by atoms with E-state index in [-0.39, 0.29) is 36.2 Å². The van der Waals surface area contributed by atoms with Gasteiger partial charge >= 0.3 is 17.9 Å². The number of unbranched alkanes of at least 4 members (excludes halogenated alkanes) is 16. The van der Waals surface area contributed by atoms with Crippen LogP contribution in [-0.4, -0.2) is 80.6 Å². The summed E-state index contributed by atoms with van der Waals surface area (Å²) >= 11 is 0. The predicted molar refractivity (Wildman–Crippen MR) is 252 cm³/mol. The summed E-state index contributed by atoms with van der Waals surface area (Å²) in [7, 11) is 5.52. The Bertz CT molecular complexity index is 1210. The molecule has 2 unspecified atom stereocenters. The molecule has 0 aliphatic heterocycles. The summed E-state index contributed by atoms with van der Waals surface area (Å²) in [6, 6.07) is -0.622. The van der Waals surface area contributed by atoms with Crippen LogP contribution in [0.4, 0.5) is 0 Å². The molecule has 0 saturated carbocycles. The molecular formula is C52H90NO7+. The lowest BCUT2D eigenvalue weighted by Gasteiger charge is -2.31. The van der Waals surface area contributed by atoms with E-state index in [1.807, 2.05) is 21.1 Å². The zero-order valence-electron chi connectivity index (χ0n) is 39.1. The number of nitrogens with zero attached hydrogens (tertiary/aromatic N) is 1. The Morgan fingerprint density at radius 2 is 0.933 bits per heavy atom. The maximum atomic E-state index is 12.8. The minimum absolute atomic E-state index is 0.0500. The first-order valence-electron chi connectivity index (χ1n) is 24.0. The molecule has 0 spiro atoms. The van der Waals surface area contributed by atoms with Gasteiger partial charge in [-0.25, -0.2) is 4.79 Å². The number of esters is 2. The molecule has 0 aromatic carbocycles. The molecule has 0 aliphatic rings. The topological polar surface area (TPSA) is 99.1 Å². The van der Waals surface area contributed by atoms with Gasteiger partial charge in [0.1, 0.15) is 6.61 Å². The van der Waals surface area contributed by atoms with Gasteiger partial charge < -0.3 is 23.8 Å². The van der Waals surface area contributed by atoms with Gasteiger partial charge in [-0.2, -0.15) is 0 Å². The fourth-order valence-corrected chi connectivity index (χ4v) is 6.64. The molecule has 60 heavy (non-hydrogen) atoms. The Labute approximate surface area is 368 Å². The van der Waals surface area contributed by atoms with Crippen molar-refractivity contribution in [2.75, 3.05) is 41.0 Å². The van der Waals surface area contributed by atoms with Crippen LogP contribution in [0.15, 0.2) is 72.9 Å². The third-order valence-corrected chi connectivity index (χ3v) is 10.3. The second-order valence-corrected chi connectivity index (χ2v) is 17.0. The van der Waals surface area contributed by atoms with E-state index in [2.05, 4.69) is 86.8 Å². The number of rotatable bonds is 42. The van der Waals surface area contributed by atoms with Gasteiger partial charge in [0, 0.05) is 19.3 Å². The first-order chi connectivity index (χ1) is 29.1. The van der Waals surface area contributed by atoms with Crippen molar-refractivity contribution < 1.29 is 38.2 Å². The highest BCUT2D eigenvalue weighted by molar-refractivity contribution is 5.72. The van der Waals surface area contributed by atoms with Gasteiger partial charge in [0.2, 0.25) is 0 Å². The van der Waals surface area contributed by atoms with E-state index < -0.39 is 18.1 Å². The number of hydrogen-bond donors (Lipinski definition) is 1. The first-order valence-corrected chi connectivity index (χ1v) is 24.0. The third kappa shape index (κ3) is 40.2. The Hall–Kier alpha value is -3.23. The number of carboxylic acid groups (broad SMARTS) is 1. The smallest absolute Gasteiger partial charge is 0.362 e. The van der Waals surface area contributed by atoms with E-state index in [9.17, 15) is 19.5 Å². The van der Waals surface area contributed by atoms with Gasteiger partial charge in [-0.15, -0.1) is 0 Å². The number of aliphatic carboxylic acids is 1. The Kier molecular flexibility index (Phi) is 40.2. The van der Waals surface area contributed by atoms with Crippen molar-refractivity contribution in [1.82, 2.24) is 0 Å². The van der Waals surface area contributed by atoms with E-state index in [4.69, 9.17) is 14.2 Å². The van der Waals surface area contributed by atoms with E-state index in [1.54, 1.807) is 0 Å². The molecule has 0 aromatic heterocycles. The number of carbonyl (C=O) groups is 3. The summed E-state index contributed by atoms with van der Waals surface area (Å²) in [6.45, 7) is 4.57. The average Bonchev–Trinajstić information content (AvgIpc) is 3.21. The summed E-state index contributed by atoms with van der Waals surface area (Å²) in [6.07, 6.45) is 53.7. The molecule has 0 radical (unpaired) electrons. The van der Waals surface area contributed by atoms with Crippen LogP contribution in [0.5, 0.6) is 0 Å². The zero-order valence-corrected chi connectivity index (χ0v) is 39.1. The van der Waals surface area contributed by atoms with Gasteiger partial charge in [-0.05, 0) is 83.5 Å². The lowest BCUT2D eigenvalue weighted by atomic mass is 10.1. The molecule has 1 N–H and O–H groups in total. The third-order valence-electron chi connectivity index (χ3n) is 10.3. The molecule has 2 atom stereocenters. The summed E-state index contributed by atoms with van der Waals surface area (Å²) in [5.41, 5.74) is 0. The van der Waals surface area contributed by atoms with E-state index in [0.717, 1.165) is 89.9 Å². The van der Waals surface area contributed by atoms with Crippen LogP contribution >= 0.6 is 0 Å². The molecule has 0 rings (SSSR count). The van der Waals surface area contributed by atoms with Crippen LogP contribution in [0, 0.1) is 0 Å². The number of likely N-dealkylation sites (N-methyl/N-ethyl adjacent to an activating group) is 1. The molecule has 0 fully saturated rings. The van der Waals surface area contributed by atoms with Crippen molar-refractivity contribution in [3.05, 3.63) is 72.9 Å². The molecule has 344 valence electrons. The first kappa shape index (κ1) is 56.8. The highest BCUT2D eigenvalue weighted by atomic mass is 16.6. The number of carbonyl (C=O) groups excluding carboxylic acids is 2. The van der Waals surface area contributed by atoms with Gasteiger partial charge in [-0.1, -0.05) is 157 Å². The number of hydrogen-bond acceptors (Lipinski definition) is 6. The van der Waals surface area contributed by atoms with Crippen LogP contribution in [0.3, 0.4) is 0 Å². The summed E-state index contributed by atoms with van der Waals surface area (Å²) in [5, 5.41) is 9.64. The highest BCUT2D eigenvalue weighted by Gasteiger charge is 2.31. The molecule has 0 amide bonds. The van der Waals surface area contributed by atoms with Gasteiger partial charge in [0.25, 0.3) is 0 Å². The summed E-state index contributed by atoms with van der Waals surface area (Å²) < 4.78 is 17.3. The Balaban J connectivity index is 4.34. The van der Waals surface area contributed by atoms with E-state index in [0.29, 0.717) is 19.3 Å². The minimum atomic E-state index is -0.881. The highest BCUT2D eigenvalue weighted by Crippen LogP contribution is 2.14. The molecule has 0 aromatic rings. The second kappa shape index (κ2) is 42.5. The van der Waals surface area contributed by atoms with Crippen molar-refractivity contribution in [2.45, 2.75) is 199 Å². The SMILES string of the molecule is CC/C=C/C/C=C/C/C=C/C/C=C/CCCCCCCCC(=O)OCC(COCCC(C(=O)O)[N+](C)(C)C)OC(=O)CCCCCCCCC/C=C/C/C=C/CCCCC. The molecule has 0 saturated heterocycles. The van der Waals surface area contributed by atoms with Crippen molar-refractivity contribution in [1.29, 1.82) is 0 Å². The second-order valence-electron chi connectivity index (χ2n) is 17.0. The van der Waals surface area contributed by atoms with Crippen molar-refractivity contribution in [3.63, 3.8) is 0 Å². The number of ether oxygens (including phenoxy) is 3. The van der Waals surface area contributed by atoms with Crippen LogP contribution in [0.2, 0.25) is 0 Å². The van der Waals surface area contributed by atoms with Gasteiger partial charge in [0.15, 0.2) is 12.1 Å². The maximum absolute atomic E-state index is 12.8. The van der Waals surface area contributed by atoms with Crippen LogP contribution in [0.25, 0.3) is 0 Å². The van der Waals surface area contributed by atoms with Gasteiger partial charge in [0.05, 0.1) is 34.4 Å². The quantitative estimate of drug-likeness (QED) is 0.0283. The normalized spacial score (nSPS) is 13.6.